The Hall–Kier alpha value is -4.01. The summed E-state index contributed by atoms with van der Waals surface area (Å²) in [5.41, 5.74) is -1.12. The molecule has 1 heterocycles. The number of allylic oxidation sites excluding steroid dienone is 2. The molecule has 2 aromatic rings. The molecule has 0 fully saturated rings. The van der Waals surface area contributed by atoms with Crippen molar-refractivity contribution >= 4 is 23.3 Å². The van der Waals surface area contributed by atoms with E-state index in [4.69, 9.17) is 9.47 Å². The molecule has 2 atom stereocenters. The molecule has 2 aliphatic rings. The second-order valence-electron chi connectivity index (χ2n) is 8.03. The van der Waals surface area contributed by atoms with Crippen LogP contribution in [0, 0.1) is 11.7 Å². The average molecular weight is 453 g/mol. The van der Waals surface area contributed by atoms with Crippen molar-refractivity contribution in [2.75, 3.05) is 7.11 Å². The molecule has 170 valence electrons. The van der Waals surface area contributed by atoms with Crippen molar-refractivity contribution in [3.8, 4) is 17.2 Å². The fraction of sp³-hybridized carbons (Fsp3) is 0.250. The molecule has 1 amide bonds. The largest absolute Gasteiger partial charge is 0.507 e. The minimum atomic E-state index is -1.64. The SMILES string of the molecule is COc1cc(O)c2c(c1C(=O)NCc1ccc(F)cc1)OC1=CC(=O)C(C(C)=O)C(=O)[C@]12C. The number of fused-ring (bicyclic) bond motifs is 3. The van der Waals surface area contributed by atoms with Gasteiger partial charge in [-0.25, -0.2) is 4.39 Å². The summed E-state index contributed by atoms with van der Waals surface area (Å²) in [6, 6.07) is 6.72. The van der Waals surface area contributed by atoms with E-state index in [2.05, 4.69) is 5.32 Å². The molecule has 0 radical (unpaired) electrons. The van der Waals surface area contributed by atoms with Crippen LogP contribution in [-0.4, -0.2) is 35.5 Å². The maximum atomic E-state index is 13.2. The Morgan fingerprint density at radius 1 is 1.24 bits per heavy atom. The van der Waals surface area contributed by atoms with E-state index in [1.54, 1.807) is 0 Å². The Kier molecular flexibility index (Phi) is 5.27. The molecule has 0 aromatic heterocycles. The smallest absolute Gasteiger partial charge is 0.259 e. The van der Waals surface area contributed by atoms with E-state index in [0.717, 1.165) is 13.0 Å². The molecular weight excluding hydrogens is 433 g/mol. The number of carbonyl (C=O) groups is 4. The summed E-state index contributed by atoms with van der Waals surface area (Å²) in [6.45, 7) is 2.63. The molecule has 1 aliphatic carbocycles. The number of nitrogens with one attached hydrogen (secondary N) is 1. The number of Topliss-reactive ketones (excluding diaryl/α,β-unsaturated/α-hetero) is 2. The van der Waals surface area contributed by atoms with E-state index in [-0.39, 0.29) is 40.7 Å². The second-order valence-corrected chi connectivity index (χ2v) is 8.03. The average Bonchev–Trinajstić information content (AvgIpc) is 3.06. The van der Waals surface area contributed by atoms with E-state index in [1.165, 1.54) is 44.4 Å². The highest BCUT2D eigenvalue weighted by atomic mass is 19.1. The number of phenolic OH excluding ortho intramolecular Hbond substituents is 1. The van der Waals surface area contributed by atoms with Crippen molar-refractivity contribution in [3.63, 3.8) is 0 Å². The van der Waals surface area contributed by atoms with Gasteiger partial charge in [-0.1, -0.05) is 12.1 Å². The number of aromatic hydroxyl groups is 1. The van der Waals surface area contributed by atoms with Gasteiger partial charge in [-0.2, -0.15) is 0 Å². The number of ether oxygens (including phenoxy) is 2. The van der Waals surface area contributed by atoms with Gasteiger partial charge in [-0.15, -0.1) is 0 Å². The number of phenols is 1. The minimum absolute atomic E-state index is 0.0207. The van der Waals surface area contributed by atoms with Gasteiger partial charge in [0.2, 0.25) is 0 Å². The lowest BCUT2D eigenvalue weighted by Gasteiger charge is -2.30. The van der Waals surface area contributed by atoms with Crippen molar-refractivity contribution < 1.29 is 38.1 Å². The van der Waals surface area contributed by atoms with Gasteiger partial charge in [-0.3, -0.25) is 19.2 Å². The van der Waals surface area contributed by atoms with Gasteiger partial charge in [0, 0.05) is 18.7 Å². The van der Waals surface area contributed by atoms with Crippen LogP contribution in [-0.2, 0) is 26.3 Å². The molecular formula is C24H20FNO7. The maximum Gasteiger partial charge on any atom is 0.259 e. The number of hydrogen-bond acceptors (Lipinski definition) is 7. The van der Waals surface area contributed by atoms with Gasteiger partial charge >= 0.3 is 0 Å². The number of hydrogen-bond donors (Lipinski definition) is 2. The molecule has 0 bridgehead atoms. The van der Waals surface area contributed by atoms with Crippen molar-refractivity contribution in [1.82, 2.24) is 5.32 Å². The quantitative estimate of drug-likeness (QED) is 0.667. The molecule has 4 rings (SSSR count). The Bertz CT molecular complexity index is 1250. The topological polar surface area (TPSA) is 119 Å². The second kappa shape index (κ2) is 7.84. The van der Waals surface area contributed by atoms with E-state index < -0.39 is 40.4 Å². The number of amides is 1. The first-order chi connectivity index (χ1) is 15.6. The third-order valence-electron chi connectivity index (χ3n) is 5.96. The molecule has 0 saturated carbocycles. The molecule has 2 aromatic carbocycles. The summed E-state index contributed by atoms with van der Waals surface area (Å²) in [6.07, 6.45) is 1.06. The van der Waals surface area contributed by atoms with Crippen LogP contribution in [0.25, 0.3) is 0 Å². The van der Waals surface area contributed by atoms with Crippen molar-refractivity contribution in [3.05, 3.63) is 64.7 Å². The lowest BCUT2D eigenvalue weighted by molar-refractivity contribution is -0.140. The number of methoxy groups -OCH3 is 1. The summed E-state index contributed by atoms with van der Waals surface area (Å²) in [4.78, 5) is 50.7. The van der Waals surface area contributed by atoms with Crippen molar-refractivity contribution in [1.29, 1.82) is 0 Å². The predicted octanol–water partition coefficient (Wildman–Crippen LogP) is 2.36. The summed E-state index contributed by atoms with van der Waals surface area (Å²) < 4.78 is 24.2. The highest BCUT2D eigenvalue weighted by molar-refractivity contribution is 6.27. The molecule has 9 heteroatoms. The van der Waals surface area contributed by atoms with Crippen molar-refractivity contribution in [2.24, 2.45) is 5.92 Å². The molecule has 1 unspecified atom stereocenters. The van der Waals surface area contributed by atoms with Gasteiger partial charge in [0.15, 0.2) is 17.3 Å². The highest BCUT2D eigenvalue weighted by Crippen LogP contribution is 2.56. The van der Waals surface area contributed by atoms with Gasteiger partial charge in [0.1, 0.15) is 45.8 Å². The maximum absolute atomic E-state index is 13.2. The monoisotopic (exact) mass is 453 g/mol. The normalized spacial score (nSPS) is 21.0. The van der Waals surface area contributed by atoms with Gasteiger partial charge in [-0.05, 0) is 31.5 Å². The van der Waals surface area contributed by atoms with E-state index in [9.17, 15) is 28.7 Å². The number of carbonyl (C=O) groups excluding carboxylic acids is 4. The van der Waals surface area contributed by atoms with Gasteiger partial charge < -0.3 is 19.9 Å². The molecule has 2 N–H and O–H groups in total. The van der Waals surface area contributed by atoms with Crippen LogP contribution in [0.1, 0.15) is 35.3 Å². The Morgan fingerprint density at radius 3 is 2.52 bits per heavy atom. The minimum Gasteiger partial charge on any atom is -0.507 e. The van der Waals surface area contributed by atoms with E-state index in [1.807, 2.05) is 0 Å². The number of halogens is 1. The Balaban J connectivity index is 1.80. The van der Waals surface area contributed by atoms with Gasteiger partial charge in [0.05, 0.1) is 12.7 Å². The fourth-order valence-corrected chi connectivity index (χ4v) is 4.22. The van der Waals surface area contributed by atoms with Crippen LogP contribution in [0.4, 0.5) is 4.39 Å². The zero-order chi connectivity index (χ0) is 24.1. The van der Waals surface area contributed by atoms with Crippen LogP contribution in [0.5, 0.6) is 17.2 Å². The van der Waals surface area contributed by atoms with Crippen LogP contribution >= 0.6 is 0 Å². The molecule has 0 saturated heterocycles. The number of ketones is 3. The lowest BCUT2D eigenvalue weighted by Crippen LogP contribution is -2.47. The molecule has 0 spiro atoms. The van der Waals surface area contributed by atoms with Gasteiger partial charge in [0.25, 0.3) is 5.91 Å². The summed E-state index contributed by atoms with van der Waals surface area (Å²) in [5, 5.41) is 13.4. The van der Waals surface area contributed by atoms with E-state index in [0.29, 0.717) is 5.56 Å². The van der Waals surface area contributed by atoms with Crippen LogP contribution in [0.15, 0.2) is 42.2 Å². The zero-order valence-corrected chi connectivity index (χ0v) is 18.0. The zero-order valence-electron chi connectivity index (χ0n) is 18.0. The van der Waals surface area contributed by atoms with Crippen LogP contribution in [0.2, 0.25) is 0 Å². The predicted molar refractivity (Wildman–Crippen MR) is 112 cm³/mol. The molecule has 33 heavy (non-hydrogen) atoms. The summed E-state index contributed by atoms with van der Waals surface area (Å²) >= 11 is 0. The number of benzene rings is 2. The first kappa shape index (κ1) is 22.2. The Morgan fingerprint density at radius 2 is 1.91 bits per heavy atom. The third kappa shape index (κ3) is 3.36. The lowest BCUT2D eigenvalue weighted by atomic mass is 9.67. The Labute approximate surface area is 188 Å². The van der Waals surface area contributed by atoms with E-state index >= 15 is 0 Å². The van der Waals surface area contributed by atoms with Crippen LogP contribution < -0.4 is 14.8 Å². The van der Waals surface area contributed by atoms with Crippen LogP contribution in [0.3, 0.4) is 0 Å². The third-order valence-corrected chi connectivity index (χ3v) is 5.96. The first-order valence-electron chi connectivity index (χ1n) is 10.0. The standard InChI is InChI=1S/C24H20FNO7/c1-11(27)18-14(28)9-17-24(2,22(18)30)20-15(29)8-16(32-3)19(21(20)33-17)23(31)26-10-12-4-6-13(25)7-5-12/h4-9,18,29H,10H2,1-3H3,(H,26,31)/t18?,24-/m1/s1. The summed E-state index contributed by atoms with van der Waals surface area (Å²) in [7, 11) is 1.29. The molecule has 1 aliphatic heterocycles. The fourth-order valence-electron chi connectivity index (χ4n) is 4.22. The van der Waals surface area contributed by atoms with Crippen molar-refractivity contribution in [2.45, 2.75) is 25.8 Å². The molecule has 8 nitrogen and oxygen atoms in total. The first-order valence-corrected chi connectivity index (χ1v) is 10.0. The number of rotatable bonds is 5. The summed E-state index contributed by atoms with van der Waals surface area (Å²) in [5.74, 6) is -5.29. The highest BCUT2D eigenvalue weighted by Gasteiger charge is 2.58.